The van der Waals surface area contributed by atoms with Gasteiger partial charge in [0.2, 0.25) is 0 Å². The summed E-state index contributed by atoms with van der Waals surface area (Å²) in [6, 6.07) is 10.3. The summed E-state index contributed by atoms with van der Waals surface area (Å²) in [7, 11) is 0. The van der Waals surface area contributed by atoms with Crippen molar-refractivity contribution in [3.63, 3.8) is 0 Å². The molecule has 1 heterocycles. The number of allylic oxidation sites excluding steroid dienone is 1. The summed E-state index contributed by atoms with van der Waals surface area (Å²) < 4.78 is 0. The van der Waals surface area contributed by atoms with Gasteiger partial charge in [0.1, 0.15) is 5.69 Å². The smallest absolute Gasteiger partial charge is 0.113 e. The second-order valence-corrected chi connectivity index (χ2v) is 4.45. The van der Waals surface area contributed by atoms with Gasteiger partial charge >= 0.3 is 0 Å². The fourth-order valence-electron chi connectivity index (χ4n) is 2.14. The third kappa shape index (κ3) is 2.06. The number of aromatic nitrogens is 1. The van der Waals surface area contributed by atoms with Gasteiger partial charge in [-0.1, -0.05) is 30.2 Å². The Morgan fingerprint density at radius 3 is 3.06 bits per heavy atom. The van der Waals surface area contributed by atoms with Crippen LogP contribution in [0.25, 0.3) is 6.08 Å². The monoisotopic (exact) mass is 233 g/mol. The van der Waals surface area contributed by atoms with Gasteiger partial charge in [-0.2, -0.15) is 0 Å². The van der Waals surface area contributed by atoms with Crippen molar-refractivity contribution >= 4 is 6.08 Å². The molecule has 3 rings (SSSR count). The van der Waals surface area contributed by atoms with E-state index < -0.39 is 0 Å². The van der Waals surface area contributed by atoms with Crippen LogP contribution in [-0.4, -0.2) is 4.98 Å². The molecule has 2 aromatic rings. The maximum absolute atomic E-state index is 4.26. The highest BCUT2D eigenvalue weighted by atomic mass is 14.6. The Balaban J connectivity index is 0.00000133. The first-order chi connectivity index (χ1) is 8.83. The van der Waals surface area contributed by atoms with Crippen LogP contribution in [0.15, 0.2) is 42.6 Å². The van der Waals surface area contributed by atoms with Gasteiger partial charge in [-0.05, 0) is 54.2 Å². The van der Waals surface area contributed by atoms with Crippen molar-refractivity contribution in [1.82, 2.24) is 4.98 Å². The maximum atomic E-state index is 4.26. The van der Waals surface area contributed by atoms with E-state index >= 15 is 0 Å². The molecule has 1 aromatic heterocycles. The van der Waals surface area contributed by atoms with Crippen LogP contribution < -0.4 is 0 Å². The number of hydrogen-bond acceptors (Lipinski definition) is 1. The summed E-state index contributed by atoms with van der Waals surface area (Å²) in [4.78, 5) is 4.26. The van der Waals surface area contributed by atoms with E-state index in [1.165, 1.54) is 16.7 Å². The van der Waals surface area contributed by atoms with Crippen LogP contribution in [-0.2, 0) is 6.42 Å². The molecule has 0 amide bonds. The molecular formula is C17H15N. The lowest BCUT2D eigenvalue weighted by molar-refractivity contribution is 1.25. The minimum Gasteiger partial charge on any atom is -0.248 e. The standard InChI is InChI=1S/C17H13N.H2/c1-13-10-11-18-16(12-13)9-8-15-5-2-4-14-6-3-7-17(14)15;/h2-5,7,10-12H,6H2,1H3;1H. The Bertz CT molecular complexity index is 690. The van der Waals surface area contributed by atoms with Crippen molar-refractivity contribution in [2.75, 3.05) is 0 Å². The van der Waals surface area contributed by atoms with Crippen LogP contribution in [0.4, 0.5) is 0 Å². The molecule has 1 aromatic carbocycles. The molecule has 0 radical (unpaired) electrons. The first-order valence-corrected chi connectivity index (χ1v) is 6.06. The second kappa shape index (κ2) is 4.50. The third-order valence-corrected chi connectivity index (χ3v) is 3.06. The summed E-state index contributed by atoms with van der Waals surface area (Å²) in [5, 5.41) is 0. The highest BCUT2D eigenvalue weighted by Crippen LogP contribution is 2.22. The van der Waals surface area contributed by atoms with Gasteiger partial charge in [0, 0.05) is 13.2 Å². The molecule has 1 aliphatic carbocycles. The van der Waals surface area contributed by atoms with E-state index in [9.17, 15) is 0 Å². The SMILES string of the molecule is Cc1ccnc(C#Cc2cccc3c2C=CC3)c1.[HH]. The normalized spacial score (nSPS) is 11.8. The Morgan fingerprint density at radius 1 is 1.22 bits per heavy atom. The number of benzene rings is 1. The molecule has 0 saturated carbocycles. The van der Waals surface area contributed by atoms with Gasteiger partial charge in [0.15, 0.2) is 0 Å². The highest BCUT2D eigenvalue weighted by molar-refractivity contribution is 5.67. The van der Waals surface area contributed by atoms with E-state index in [-0.39, 0.29) is 1.43 Å². The number of nitrogens with zero attached hydrogens (tertiary/aromatic N) is 1. The van der Waals surface area contributed by atoms with Crippen LogP contribution in [0.1, 0.15) is 29.4 Å². The number of pyridine rings is 1. The van der Waals surface area contributed by atoms with Crippen LogP contribution in [0.5, 0.6) is 0 Å². The summed E-state index contributed by atoms with van der Waals surface area (Å²) in [6.45, 7) is 2.05. The summed E-state index contributed by atoms with van der Waals surface area (Å²) in [5.41, 5.74) is 5.73. The van der Waals surface area contributed by atoms with Crippen molar-refractivity contribution < 1.29 is 1.43 Å². The molecule has 88 valence electrons. The number of hydrogen-bond donors (Lipinski definition) is 0. The average molecular weight is 233 g/mol. The molecule has 0 spiro atoms. The molecule has 0 aliphatic heterocycles. The highest BCUT2D eigenvalue weighted by Gasteiger charge is 2.07. The van der Waals surface area contributed by atoms with Crippen molar-refractivity contribution in [2.45, 2.75) is 13.3 Å². The fraction of sp³-hybridized carbons (Fsp3) is 0.118. The van der Waals surface area contributed by atoms with Gasteiger partial charge < -0.3 is 0 Å². The fourth-order valence-corrected chi connectivity index (χ4v) is 2.14. The lowest BCUT2D eigenvalue weighted by Gasteiger charge is -2.00. The molecule has 0 fully saturated rings. The van der Waals surface area contributed by atoms with Gasteiger partial charge in [0.05, 0.1) is 0 Å². The number of aryl methyl sites for hydroxylation is 1. The Morgan fingerprint density at radius 2 is 2.17 bits per heavy atom. The second-order valence-electron chi connectivity index (χ2n) is 4.45. The Kier molecular flexibility index (Phi) is 2.70. The Labute approximate surface area is 109 Å². The van der Waals surface area contributed by atoms with Crippen molar-refractivity contribution in [3.8, 4) is 11.8 Å². The van der Waals surface area contributed by atoms with Crippen LogP contribution in [0.3, 0.4) is 0 Å². The first-order valence-electron chi connectivity index (χ1n) is 6.06. The summed E-state index contributed by atoms with van der Waals surface area (Å²) in [6.07, 6.45) is 7.16. The molecular weight excluding hydrogens is 218 g/mol. The lowest BCUT2D eigenvalue weighted by atomic mass is 10.0. The molecule has 0 unspecified atom stereocenters. The molecule has 1 nitrogen and oxygen atoms in total. The molecule has 0 bridgehead atoms. The molecule has 18 heavy (non-hydrogen) atoms. The maximum Gasteiger partial charge on any atom is 0.113 e. The zero-order chi connectivity index (χ0) is 12.4. The van der Waals surface area contributed by atoms with E-state index in [1.54, 1.807) is 6.20 Å². The van der Waals surface area contributed by atoms with Crippen LogP contribution in [0, 0.1) is 18.8 Å². The van der Waals surface area contributed by atoms with E-state index in [0.29, 0.717) is 0 Å². The van der Waals surface area contributed by atoms with E-state index in [2.05, 4.69) is 54.1 Å². The minimum absolute atomic E-state index is 0. The van der Waals surface area contributed by atoms with E-state index in [4.69, 9.17) is 0 Å². The number of rotatable bonds is 0. The molecule has 1 aliphatic rings. The van der Waals surface area contributed by atoms with E-state index in [1.807, 2.05) is 12.1 Å². The van der Waals surface area contributed by atoms with Crippen molar-refractivity contribution in [1.29, 1.82) is 0 Å². The van der Waals surface area contributed by atoms with Crippen LogP contribution in [0.2, 0.25) is 0 Å². The van der Waals surface area contributed by atoms with Gasteiger partial charge in [0.25, 0.3) is 0 Å². The largest absolute Gasteiger partial charge is 0.248 e. The topological polar surface area (TPSA) is 12.9 Å². The van der Waals surface area contributed by atoms with E-state index in [0.717, 1.165) is 17.7 Å². The predicted octanol–water partition coefficient (Wildman–Crippen LogP) is 3.61. The van der Waals surface area contributed by atoms with Crippen molar-refractivity contribution in [2.24, 2.45) is 0 Å². The molecule has 0 atom stereocenters. The van der Waals surface area contributed by atoms with Gasteiger partial charge in [-0.15, -0.1) is 0 Å². The summed E-state index contributed by atoms with van der Waals surface area (Å²) >= 11 is 0. The third-order valence-electron chi connectivity index (χ3n) is 3.06. The van der Waals surface area contributed by atoms with Gasteiger partial charge in [-0.25, -0.2) is 4.98 Å². The quantitative estimate of drug-likeness (QED) is 0.633. The summed E-state index contributed by atoms with van der Waals surface area (Å²) in [5.74, 6) is 6.36. The van der Waals surface area contributed by atoms with Crippen molar-refractivity contribution in [3.05, 3.63) is 70.6 Å². The first kappa shape index (κ1) is 10.8. The zero-order valence-corrected chi connectivity index (χ0v) is 10.3. The Hall–Kier alpha value is -2.33. The molecule has 1 heteroatoms. The van der Waals surface area contributed by atoms with Gasteiger partial charge in [-0.3, -0.25) is 0 Å². The zero-order valence-electron chi connectivity index (χ0n) is 10.3. The van der Waals surface area contributed by atoms with Crippen LogP contribution >= 0.6 is 0 Å². The predicted molar refractivity (Wildman–Crippen MR) is 76.2 cm³/mol. The number of fused-ring (bicyclic) bond motifs is 1. The molecule has 0 saturated heterocycles. The minimum atomic E-state index is 0. The lowest BCUT2D eigenvalue weighted by Crippen LogP contribution is -1.87. The molecule has 0 N–H and O–H groups in total. The average Bonchev–Trinajstić information content (AvgIpc) is 2.85.